The summed E-state index contributed by atoms with van der Waals surface area (Å²) in [6.07, 6.45) is 3.99. The number of alkyl halides is 1. The zero-order valence-electron chi connectivity index (χ0n) is 7.19. The highest BCUT2D eigenvalue weighted by Gasteiger charge is 2.39. The Morgan fingerprint density at radius 2 is 1.82 bits per heavy atom. The maximum atomic E-state index is 11.5. The summed E-state index contributed by atoms with van der Waals surface area (Å²) >= 11 is 6.17. The summed E-state index contributed by atoms with van der Waals surface area (Å²) in [5.74, 6) is 0.322. The van der Waals surface area contributed by atoms with Gasteiger partial charge < -0.3 is 0 Å². The lowest BCUT2D eigenvalue weighted by molar-refractivity contribution is -0.124. The molecule has 64 valence electrons. The van der Waals surface area contributed by atoms with E-state index in [2.05, 4.69) is 0 Å². The number of hydrogen-bond donors (Lipinski definition) is 0. The van der Waals surface area contributed by atoms with Crippen LogP contribution in [0.15, 0.2) is 0 Å². The summed E-state index contributed by atoms with van der Waals surface area (Å²) in [6.45, 7) is 3.84. The van der Waals surface area contributed by atoms with Crippen LogP contribution in [0.25, 0.3) is 0 Å². The lowest BCUT2D eigenvalue weighted by Crippen LogP contribution is -2.32. The van der Waals surface area contributed by atoms with Crippen molar-refractivity contribution in [2.75, 3.05) is 0 Å². The quantitative estimate of drug-likeness (QED) is 0.589. The average Bonchev–Trinajstić information content (AvgIpc) is 2.35. The highest BCUT2D eigenvalue weighted by molar-refractivity contribution is 6.35. The van der Waals surface area contributed by atoms with Gasteiger partial charge in [0, 0.05) is 5.92 Å². The van der Waals surface area contributed by atoms with Crippen LogP contribution in [0.5, 0.6) is 0 Å². The Hall–Kier alpha value is -0.0400. The van der Waals surface area contributed by atoms with E-state index in [0.29, 0.717) is 0 Å². The molecule has 1 fully saturated rings. The third-order valence-corrected chi connectivity index (χ3v) is 2.93. The normalized spacial score (nSPS) is 22.5. The van der Waals surface area contributed by atoms with E-state index in [1.165, 1.54) is 0 Å². The highest BCUT2D eigenvalue weighted by atomic mass is 35.5. The predicted molar refractivity (Wildman–Crippen MR) is 46.9 cm³/mol. The molecule has 0 heterocycles. The summed E-state index contributed by atoms with van der Waals surface area (Å²) < 4.78 is 0. The summed E-state index contributed by atoms with van der Waals surface area (Å²) in [5, 5.41) is 0. The molecule has 0 atom stereocenters. The molecule has 1 nitrogen and oxygen atoms in total. The summed E-state index contributed by atoms with van der Waals surface area (Å²) in [6, 6.07) is 0. The van der Waals surface area contributed by atoms with Gasteiger partial charge in [0.25, 0.3) is 0 Å². The van der Waals surface area contributed by atoms with Gasteiger partial charge in [-0.15, -0.1) is 11.6 Å². The first-order valence-corrected chi connectivity index (χ1v) is 4.67. The third kappa shape index (κ3) is 1.76. The number of carbonyl (C=O) groups excluding carboxylic acids is 1. The first-order chi connectivity index (χ1) is 5.06. The molecule has 0 radical (unpaired) electrons. The Morgan fingerprint density at radius 1 is 1.36 bits per heavy atom. The number of ketones is 1. The largest absolute Gasteiger partial charge is 0.297 e. The molecule has 11 heavy (non-hydrogen) atoms. The van der Waals surface area contributed by atoms with Crippen LogP contribution in [0.4, 0.5) is 0 Å². The Kier molecular flexibility index (Phi) is 2.58. The van der Waals surface area contributed by atoms with Crippen molar-refractivity contribution in [2.24, 2.45) is 5.92 Å². The predicted octanol–water partition coefficient (Wildman–Crippen LogP) is 2.76. The molecule has 1 aliphatic carbocycles. The van der Waals surface area contributed by atoms with Crippen LogP contribution in [-0.4, -0.2) is 10.7 Å². The maximum Gasteiger partial charge on any atom is 0.156 e. The molecule has 0 unspecified atom stereocenters. The number of hydrogen-bond acceptors (Lipinski definition) is 1. The van der Waals surface area contributed by atoms with Crippen LogP contribution in [0.3, 0.4) is 0 Å². The minimum absolute atomic E-state index is 0.0885. The van der Waals surface area contributed by atoms with E-state index in [4.69, 9.17) is 11.6 Å². The van der Waals surface area contributed by atoms with Gasteiger partial charge in [0.2, 0.25) is 0 Å². The second-order valence-electron chi connectivity index (χ2n) is 3.69. The van der Waals surface area contributed by atoms with Gasteiger partial charge in [0.15, 0.2) is 5.78 Å². The molecule has 0 spiro atoms. The van der Waals surface area contributed by atoms with E-state index >= 15 is 0 Å². The maximum absolute atomic E-state index is 11.5. The summed E-state index contributed by atoms with van der Waals surface area (Å²) in [4.78, 5) is 11.0. The highest BCUT2D eigenvalue weighted by Crippen LogP contribution is 2.38. The van der Waals surface area contributed by atoms with Gasteiger partial charge in [-0.25, -0.2) is 0 Å². The monoisotopic (exact) mass is 174 g/mol. The summed E-state index contributed by atoms with van der Waals surface area (Å²) in [7, 11) is 0. The molecule has 0 aliphatic heterocycles. The molecule has 1 rings (SSSR count). The Balaban J connectivity index is 2.64. The molecule has 0 N–H and O–H groups in total. The molecule has 1 saturated carbocycles. The lowest BCUT2D eigenvalue weighted by Gasteiger charge is -2.20. The topological polar surface area (TPSA) is 17.1 Å². The van der Waals surface area contributed by atoms with Crippen molar-refractivity contribution < 1.29 is 4.79 Å². The van der Waals surface area contributed by atoms with E-state index in [0.717, 1.165) is 25.7 Å². The van der Waals surface area contributed by atoms with Gasteiger partial charge in [-0.05, 0) is 12.8 Å². The van der Waals surface area contributed by atoms with Gasteiger partial charge in [0.1, 0.15) is 4.87 Å². The number of Topliss-reactive ketones (excluding diaryl/α,β-unsaturated/α-hetero) is 1. The fraction of sp³-hybridized carbons (Fsp3) is 0.889. The first-order valence-electron chi connectivity index (χ1n) is 4.29. The van der Waals surface area contributed by atoms with Crippen molar-refractivity contribution in [3.8, 4) is 0 Å². The molecule has 0 bridgehead atoms. The van der Waals surface area contributed by atoms with Gasteiger partial charge in [0.05, 0.1) is 0 Å². The van der Waals surface area contributed by atoms with E-state index in [-0.39, 0.29) is 11.7 Å². The molecule has 0 saturated heterocycles. The third-order valence-electron chi connectivity index (χ3n) is 2.36. The smallest absolute Gasteiger partial charge is 0.156 e. The molecule has 0 aromatic heterocycles. The average molecular weight is 175 g/mol. The van der Waals surface area contributed by atoms with Crippen LogP contribution in [0.1, 0.15) is 39.5 Å². The molecule has 0 aromatic rings. The second kappa shape index (κ2) is 3.14. The van der Waals surface area contributed by atoms with Gasteiger partial charge >= 0.3 is 0 Å². The Labute approximate surface area is 73.1 Å². The van der Waals surface area contributed by atoms with E-state index in [9.17, 15) is 4.79 Å². The fourth-order valence-electron chi connectivity index (χ4n) is 1.70. The number of carbonyl (C=O) groups is 1. The molecular weight excluding hydrogens is 160 g/mol. The van der Waals surface area contributed by atoms with Crippen molar-refractivity contribution >= 4 is 17.4 Å². The van der Waals surface area contributed by atoms with Crippen LogP contribution in [0.2, 0.25) is 0 Å². The Morgan fingerprint density at radius 3 is 2.18 bits per heavy atom. The molecule has 0 amide bonds. The fourth-order valence-corrected chi connectivity index (χ4v) is 2.18. The van der Waals surface area contributed by atoms with Crippen LogP contribution >= 0.6 is 11.6 Å². The van der Waals surface area contributed by atoms with Crippen molar-refractivity contribution in [3.63, 3.8) is 0 Å². The molecule has 0 aromatic carbocycles. The van der Waals surface area contributed by atoms with Gasteiger partial charge in [-0.2, -0.15) is 0 Å². The van der Waals surface area contributed by atoms with Crippen LogP contribution in [-0.2, 0) is 4.79 Å². The van der Waals surface area contributed by atoms with Crippen molar-refractivity contribution in [3.05, 3.63) is 0 Å². The number of rotatable bonds is 2. The van der Waals surface area contributed by atoms with Crippen LogP contribution < -0.4 is 0 Å². The van der Waals surface area contributed by atoms with Crippen LogP contribution in [0, 0.1) is 5.92 Å². The van der Waals surface area contributed by atoms with Crippen molar-refractivity contribution in [1.82, 2.24) is 0 Å². The zero-order valence-corrected chi connectivity index (χ0v) is 7.95. The van der Waals surface area contributed by atoms with E-state index < -0.39 is 4.87 Å². The first kappa shape index (κ1) is 9.05. The van der Waals surface area contributed by atoms with Crippen molar-refractivity contribution in [2.45, 2.75) is 44.4 Å². The SMILES string of the molecule is CC(C)C(=O)C1(Cl)CCCC1. The number of halogens is 1. The van der Waals surface area contributed by atoms with E-state index in [1.54, 1.807) is 0 Å². The summed E-state index contributed by atoms with van der Waals surface area (Å²) in [5.41, 5.74) is 0. The van der Waals surface area contributed by atoms with Crippen molar-refractivity contribution in [1.29, 1.82) is 0 Å². The second-order valence-corrected chi connectivity index (χ2v) is 4.41. The van der Waals surface area contributed by atoms with E-state index in [1.807, 2.05) is 13.8 Å². The Bertz CT molecular complexity index is 157. The lowest BCUT2D eigenvalue weighted by atomic mass is 9.93. The van der Waals surface area contributed by atoms with Gasteiger partial charge in [-0.1, -0.05) is 26.7 Å². The minimum Gasteiger partial charge on any atom is -0.297 e. The van der Waals surface area contributed by atoms with Gasteiger partial charge in [-0.3, -0.25) is 4.79 Å². The molecular formula is C9H15ClO. The molecule has 1 aliphatic rings. The molecule has 2 heteroatoms. The standard InChI is InChI=1S/C9H15ClO/c1-7(2)8(11)9(10)5-3-4-6-9/h7H,3-6H2,1-2H3. The zero-order chi connectivity index (χ0) is 8.48. The minimum atomic E-state index is -0.492.